The molecule has 0 aliphatic heterocycles. The molecule has 1 rings (SSSR count). The van der Waals surface area contributed by atoms with Gasteiger partial charge in [-0.05, 0) is 44.6 Å². The molecule has 0 spiro atoms. The fourth-order valence-corrected chi connectivity index (χ4v) is 2.65. The van der Waals surface area contributed by atoms with Gasteiger partial charge in [0, 0.05) is 12.6 Å². The summed E-state index contributed by atoms with van der Waals surface area (Å²) in [6.45, 7) is 8.55. The van der Waals surface area contributed by atoms with E-state index in [0.717, 1.165) is 31.0 Å². The fourth-order valence-electron chi connectivity index (χ4n) is 2.65. The topological polar surface area (TPSA) is 21.3 Å². The van der Waals surface area contributed by atoms with Crippen LogP contribution < -0.4 is 5.32 Å². The van der Waals surface area contributed by atoms with Gasteiger partial charge < -0.3 is 10.1 Å². The van der Waals surface area contributed by atoms with Crippen molar-refractivity contribution in [3.05, 3.63) is 0 Å². The predicted molar refractivity (Wildman–Crippen MR) is 65.0 cm³/mol. The highest BCUT2D eigenvalue weighted by Gasteiger charge is 2.29. The van der Waals surface area contributed by atoms with Crippen molar-refractivity contribution in [2.24, 2.45) is 17.8 Å². The maximum absolute atomic E-state index is 5.54. The minimum atomic E-state index is 0.555. The minimum absolute atomic E-state index is 0.555. The monoisotopic (exact) mass is 213 g/mol. The van der Waals surface area contributed by atoms with Gasteiger partial charge in [-0.25, -0.2) is 0 Å². The van der Waals surface area contributed by atoms with Crippen LogP contribution >= 0.6 is 0 Å². The Kier molecular flexibility index (Phi) is 5.62. The van der Waals surface area contributed by atoms with Crippen LogP contribution in [0, 0.1) is 17.8 Å². The van der Waals surface area contributed by atoms with Crippen molar-refractivity contribution in [3.63, 3.8) is 0 Å². The zero-order valence-corrected chi connectivity index (χ0v) is 10.8. The third kappa shape index (κ3) is 3.76. The summed E-state index contributed by atoms with van der Waals surface area (Å²) < 4.78 is 5.54. The second kappa shape index (κ2) is 6.49. The maximum atomic E-state index is 5.54. The Hall–Kier alpha value is -0.0800. The van der Waals surface area contributed by atoms with Crippen molar-refractivity contribution in [1.29, 1.82) is 0 Å². The zero-order valence-electron chi connectivity index (χ0n) is 10.8. The van der Waals surface area contributed by atoms with E-state index in [1.165, 1.54) is 19.3 Å². The Morgan fingerprint density at radius 3 is 2.53 bits per heavy atom. The third-order valence-corrected chi connectivity index (χ3v) is 4.08. The Morgan fingerprint density at radius 1 is 1.27 bits per heavy atom. The van der Waals surface area contributed by atoms with Gasteiger partial charge in [0.25, 0.3) is 0 Å². The smallest absolute Gasteiger partial charge is 0.0622 e. The second-order valence-corrected chi connectivity index (χ2v) is 5.08. The Morgan fingerprint density at radius 2 is 2.00 bits per heavy atom. The normalized spacial score (nSPS) is 34.0. The summed E-state index contributed by atoms with van der Waals surface area (Å²) in [5.74, 6) is 2.60. The summed E-state index contributed by atoms with van der Waals surface area (Å²) in [6.07, 6.45) is 4.11. The molecule has 0 aromatic carbocycles. The van der Waals surface area contributed by atoms with Crippen LogP contribution in [0.15, 0.2) is 0 Å². The Balaban J connectivity index is 2.39. The van der Waals surface area contributed by atoms with Gasteiger partial charge in [0.05, 0.1) is 6.61 Å². The lowest BCUT2D eigenvalue weighted by molar-refractivity contribution is 0.0805. The van der Waals surface area contributed by atoms with Crippen LogP contribution in [0.4, 0.5) is 0 Å². The summed E-state index contributed by atoms with van der Waals surface area (Å²) >= 11 is 0. The molecule has 0 saturated heterocycles. The fraction of sp³-hybridized carbons (Fsp3) is 1.00. The molecule has 1 saturated carbocycles. The molecule has 0 aromatic heterocycles. The van der Waals surface area contributed by atoms with E-state index in [1.807, 2.05) is 0 Å². The van der Waals surface area contributed by atoms with Gasteiger partial charge in [-0.3, -0.25) is 0 Å². The number of hydrogen-bond acceptors (Lipinski definition) is 2. The van der Waals surface area contributed by atoms with Gasteiger partial charge in [0.1, 0.15) is 0 Å². The molecule has 2 nitrogen and oxygen atoms in total. The number of rotatable bonds is 5. The van der Waals surface area contributed by atoms with E-state index in [0.29, 0.717) is 6.04 Å². The lowest BCUT2D eigenvalue weighted by Gasteiger charge is -2.36. The highest BCUT2D eigenvalue weighted by molar-refractivity contribution is 4.83. The summed E-state index contributed by atoms with van der Waals surface area (Å²) in [5, 5.41) is 3.42. The molecule has 4 atom stereocenters. The number of nitrogens with one attached hydrogen (secondary N) is 1. The van der Waals surface area contributed by atoms with E-state index in [9.17, 15) is 0 Å². The second-order valence-electron chi connectivity index (χ2n) is 5.08. The average molecular weight is 213 g/mol. The van der Waals surface area contributed by atoms with Crippen LogP contribution in [0.3, 0.4) is 0 Å². The third-order valence-electron chi connectivity index (χ3n) is 4.08. The SMILES string of the molecule is CCOCC(NC)C1CCC(C)C(C)C1. The molecule has 0 aromatic rings. The van der Waals surface area contributed by atoms with E-state index in [4.69, 9.17) is 4.74 Å². The zero-order chi connectivity index (χ0) is 11.3. The highest BCUT2D eigenvalue weighted by Crippen LogP contribution is 2.34. The van der Waals surface area contributed by atoms with E-state index in [-0.39, 0.29) is 0 Å². The molecule has 2 heteroatoms. The molecule has 0 radical (unpaired) electrons. The Bertz CT molecular complexity index is 172. The molecular weight excluding hydrogens is 186 g/mol. The van der Waals surface area contributed by atoms with Crippen molar-refractivity contribution >= 4 is 0 Å². The molecule has 90 valence electrons. The summed E-state index contributed by atoms with van der Waals surface area (Å²) in [6, 6.07) is 0.555. The lowest BCUT2D eigenvalue weighted by atomic mass is 9.73. The van der Waals surface area contributed by atoms with Gasteiger partial charge in [-0.2, -0.15) is 0 Å². The van der Waals surface area contributed by atoms with Gasteiger partial charge in [-0.15, -0.1) is 0 Å². The summed E-state index contributed by atoms with van der Waals surface area (Å²) in [4.78, 5) is 0. The standard InChI is InChI=1S/C13H27NO/c1-5-15-9-13(14-4)12-7-6-10(2)11(3)8-12/h10-14H,5-9H2,1-4H3. The van der Waals surface area contributed by atoms with Crippen molar-refractivity contribution in [2.75, 3.05) is 20.3 Å². The Labute approximate surface area is 94.8 Å². The highest BCUT2D eigenvalue weighted by atomic mass is 16.5. The number of hydrogen-bond donors (Lipinski definition) is 1. The van der Waals surface area contributed by atoms with E-state index < -0.39 is 0 Å². The molecule has 1 N–H and O–H groups in total. The van der Waals surface area contributed by atoms with Crippen LogP contribution in [0.2, 0.25) is 0 Å². The predicted octanol–water partition coefficient (Wildman–Crippen LogP) is 2.68. The van der Waals surface area contributed by atoms with E-state index >= 15 is 0 Å². The van der Waals surface area contributed by atoms with Gasteiger partial charge in [0.2, 0.25) is 0 Å². The van der Waals surface area contributed by atoms with Crippen molar-refractivity contribution in [2.45, 2.75) is 46.1 Å². The molecular formula is C13H27NO. The van der Waals surface area contributed by atoms with Crippen molar-refractivity contribution in [3.8, 4) is 0 Å². The van der Waals surface area contributed by atoms with Gasteiger partial charge >= 0.3 is 0 Å². The van der Waals surface area contributed by atoms with Crippen LogP contribution in [-0.4, -0.2) is 26.3 Å². The van der Waals surface area contributed by atoms with Gasteiger partial charge in [-0.1, -0.05) is 20.3 Å². The largest absolute Gasteiger partial charge is 0.380 e. The first-order chi connectivity index (χ1) is 7.19. The molecule has 0 heterocycles. The molecule has 15 heavy (non-hydrogen) atoms. The van der Waals surface area contributed by atoms with Crippen LogP contribution in [-0.2, 0) is 4.74 Å². The summed E-state index contributed by atoms with van der Waals surface area (Å²) in [7, 11) is 2.06. The molecule has 4 unspecified atom stereocenters. The maximum Gasteiger partial charge on any atom is 0.0622 e. The van der Waals surface area contributed by atoms with E-state index in [1.54, 1.807) is 0 Å². The number of likely N-dealkylation sites (N-methyl/N-ethyl adjacent to an activating group) is 1. The van der Waals surface area contributed by atoms with Crippen LogP contribution in [0.5, 0.6) is 0 Å². The average Bonchev–Trinajstić information content (AvgIpc) is 2.24. The first kappa shape index (κ1) is 13.0. The molecule has 1 fully saturated rings. The quantitative estimate of drug-likeness (QED) is 0.758. The van der Waals surface area contributed by atoms with Crippen LogP contribution in [0.1, 0.15) is 40.0 Å². The first-order valence-electron chi connectivity index (χ1n) is 6.44. The summed E-state index contributed by atoms with van der Waals surface area (Å²) in [5.41, 5.74) is 0. The molecule has 1 aliphatic carbocycles. The van der Waals surface area contributed by atoms with Crippen molar-refractivity contribution < 1.29 is 4.74 Å². The lowest BCUT2D eigenvalue weighted by Crippen LogP contribution is -2.41. The molecule has 0 amide bonds. The molecule has 0 bridgehead atoms. The first-order valence-corrected chi connectivity index (χ1v) is 6.44. The van der Waals surface area contributed by atoms with Crippen LogP contribution in [0.25, 0.3) is 0 Å². The van der Waals surface area contributed by atoms with E-state index in [2.05, 4.69) is 33.1 Å². The van der Waals surface area contributed by atoms with Gasteiger partial charge in [0.15, 0.2) is 0 Å². The minimum Gasteiger partial charge on any atom is -0.380 e. The van der Waals surface area contributed by atoms with Crippen molar-refractivity contribution in [1.82, 2.24) is 5.32 Å². The molecule has 1 aliphatic rings. The number of ether oxygens (including phenoxy) is 1.